The number of carboxylic acids is 2. The van der Waals surface area contributed by atoms with Crippen LogP contribution in [-0.4, -0.2) is 17.4 Å². The third kappa shape index (κ3) is 52.1. The summed E-state index contributed by atoms with van der Waals surface area (Å²) in [4.78, 5) is 19.0. The molecular weight excluding hydrogens is 222 g/mol. The van der Waals surface area contributed by atoms with Gasteiger partial charge in [0.25, 0.3) is 0 Å². The standard InChI is InChI=1S/2C4H8O2.2Na.H2O/c2*1-2-3-4(5)6;;;/h2*2-3H2,1H3,(H,5,6);;;1H2/q;;2*+1;/p-2. The summed E-state index contributed by atoms with van der Waals surface area (Å²) in [6.45, 7) is 3.60. The molecule has 0 aliphatic carbocycles. The molecule has 0 aromatic heterocycles. The van der Waals surface area contributed by atoms with Crippen molar-refractivity contribution in [1.29, 1.82) is 0 Å². The van der Waals surface area contributed by atoms with Crippen molar-refractivity contribution in [2.24, 2.45) is 0 Å². The maximum Gasteiger partial charge on any atom is 1.00 e. The van der Waals surface area contributed by atoms with Crippen LogP contribution in [0.3, 0.4) is 0 Å². The Labute approximate surface area is 135 Å². The molecule has 5 nitrogen and oxygen atoms in total. The van der Waals surface area contributed by atoms with Gasteiger partial charge < -0.3 is 25.3 Å². The van der Waals surface area contributed by atoms with Crippen LogP contribution in [0.4, 0.5) is 0 Å². The zero-order chi connectivity index (χ0) is 9.98. The smallest absolute Gasteiger partial charge is 0.550 e. The van der Waals surface area contributed by atoms with Gasteiger partial charge in [0.1, 0.15) is 0 Å². The summed E-state index contributed by atoms with van der Waals surface area (Å²) in [6.07, 6.45) is 1.70. The van der Waals surface area contributed by atoms with E-state index in [1.807, 2.05) is 0 Å². The van der Waals surface area contributed by atoms with Gasteiger partial charge in [-0.1, -0.05) is 26.7 Å². The third-order valence-electron chi connectivity index (χ3n) is 0.908. The first-order valence-corrected chi connectivity index (χ1v) is 3.94. The van der Waals surface area contributed by atoms with E-state index in [0.717, 1.165) is 0 Å². The van der Waals surface area contributed by atoms with Crippen LogP contribution < -0.4 is 69.3 Å². The molecule has 80 valence electrons. The number of carboxylic acid groups (broad SMARTS) is 2. The van der Waals surface area contributed by atoms with Crippen molar-refractivity contribution in [3.05, 3.63) is 0 Å². The number of hydrogen-bond donors (Lipinski definition) is 0. The Bertz CT molecular complexity index is 125. The van der Waals surface area contributed by atoms with Crippen molar-refractivity contribution in [3.63, 3.8) is 0 Å². The average Bonchev–Trinajstić information content (AvgIpc) is 1.87. The zero-order valence-corrected chi connectivity index (χ0v) is 14.0. The van der Waals surface area contributed by atoms with Gasteiger partial charge >= 0.3 is 59.1 Å². The predicted octanol–water partition coefficient (Wildman–Crippen LogP) is -7.74. The van der Waals surface area contributed by atoms with E-state index in [9.17, 15) is 19.8 Å². The third-order valence-corrected chi connectivity index (χ3v) is 0.908. The van der Waals surface area contributed by atoms with Gasteiger partial charge in [-0.2, -0.15) is 0 Å². The van der Waals surface area contributed by atoms with Gasteiger partial charge in [0, 0.05) is 11.9 Å². The van der Waals surface area contributed by atoms with Gasteiger partial charge in [-0.3, -0.25) is 0 Å². The number of rotatable bonds is 4. The van der Waals surface area contributed by atoms with Crippen LogP contribution in [0.2, 0.25) is 0 Å². The van der Waals surface area contributed by atoms with Crippen LogP contribution in [-0.2, 0) is 9.59 Å². The van der Waals surface area contributed by atoms with Gasteiger partial charge in [0.15, 0.2) is 0 Å². The van der Waals surface area contributed by atoms with Crippen molar-refractivity contribution >= 4 is 11.9 Å². The molecular formula is C8H16Na2O5. The Morgan fingerprint density at radius 2 is 1.07 bits per heavy atom. The molecule has 0 saturated heterocycles. The Kier molecular flexibility index (Phi) is 48.0. The number of hydrogen-bond acceptors (Lipinski definition) is 4. The molecule has 0 atom stereocenters. The average molecular weight is 238 g/mol. The van der Waals surface area contributed by atoms with Gasteiger partial charge in [-0.25, -0.2) is 0 Å². The first-order valence-electron chi connectivity index (χ1n) is 3.94. The van der Waals surface area contributed by atoms with Crippen molar-refractivity contribution in [2.75, 3.05) is 0 Å². The van der Waals surface area contributed by atoms with Gasteiger partial charge in [0.05, 0.1) is 0 Å². The summed E-state index contributed by atoms with van der Waals surface area (Å²) < 4.78 is 0. The molecule has 0 aromatic rings. The molecule has 0 radical (unpaired) electrons. The molecule has 0 bridgehead atoms. The van der Waals surface area contributed by atoms with Crippen LogP contribution in [0, 0.1) is 0 Å². The maximum absolute atomic E-state index is 9.49. The van der Waals surface area contributed by atoms with Crippen LogP contribution in [0.25, 0.3) is 0 Å². The van der Waals surface area contributed by atoms with E-state index in [1.165, 1.54) is 0 Å². The van der Waals surface area contributed by atoms with Crippen molar-refractivity contribution in [1.82, 2.24) is 0 Å². The largest absolute Gasteiger partial charge is 1.00 e. The molecule has 0 aliphatic heterocycles. The number of aliphatic carboxylic acids is 2. The first-order chi connectivity index (χ1) is 5.54. The summed E-state index contributed by atoms with van der Waals surface area (Å²) in [6, 6.07) is 0. The van der Waals surface area contributed by atoms with E-state index in [-0.39, 0.29) is 77.4 Å². The monoisotopic (exact) mass is 238 g/mol. The second-order valence-corrected chi connectivity index (χ2v) is 2.24. The summed E-state index contributed by atoms with van der Waals surface area (Å²) in [5.74, 6) is -1.92. The molecule has 0 fully saturated rings. The van der Waals surface area contributed by atoms with E-state index < -0.39 is 11.9 Å². The van der Waals surface area contributed by atoms with Crippen molar-refractivity contribution in [2.45, 2.75) is 39.5 Å². The Morgan fingerprint density at radius 1 is 0.867 bits per heavy atom. The maximum atomic E-state index is 9.49. The van der Waals surface area contributed by atoms with E-state index in [1.54, 1.807) is 13.8 Å². The molecule has 15 heavy (non-hydrogen) atoms. The molecule has 0 amide bonds. The second-order valence-electron chi connectivity index (χ2n) is 2.24. The first kappa shape index (κ1) is 29.7. The molecule has 0 aliphatic rings. The Morgan fingerprint density at radius 3 is 1.07 bits per heavy atom. The molecule has 2 N–H and O–H groups in total. The van der Waals surface area contributed by atoms with E-state index in [0.29, 0.717) is 12.8 Å². The molecule has 0 unspecified atom stereocenters. The minimum atomic E-state index is -0.961. The topological polar surface area (TPSA) is 112 Å². The van der Waals surface area contributed by atoms with Gasteiger partial charge in [0.2, 0.25) is 0 Å². The normalized spacial score (nSPS) is 6.53. The zero-order valence-electron chi connectivity index (χ0n) is 9.96. The Hall–Kier alpha value is 0.900. The fraction of sp³-hybridized carbons (Fsp3) is 0.750. The summed E-state index contributed by atoms with van der Waals surface area (Å²) in [5, 5.41) is 19.0. The number of carbonyl (C=O) groups is 2. The molecule has 0 aromatic carbocycles. The van der Waals surface area contributed by atoms with E-state index in [2.05, 4.69) is 0 Å². The molecule has 7 heteroatoms. The van der Waals surface area contributed by atoms with Crippen LogP contribution in [0.5, 0.6) is 0 Å². The SMILES string of the molecule is CCCC(=O)[O-].CCCC(=O)[O-].O.[Na+].[Na+]. The van der Waals surface area contributed by atoms with Crippen LogP contribution in [0.15, 0.2) is 0 Å². The molecule has 0 rings (SSSR count). The number of carbonyl (C=O) groups excluding carboxylic acids is 2. The van der Waals surface area contributed by atoms with Crippen LogP contribution in [0.1, 0.15) is 39.5 Å². The van der Waals surface area contributed by atoms with Crippen LogP contribution >= 0.6 is 0 Å². The molecule has 0 spiro atoms. The Balaban J connectivity index is -0.0000000370. The van der Waals surface area contributed by atoms with Gasteiger partial charge in [-0.05, 0) is 12.8 Å². The molecule has 0 heterocycles. The fourth-order valence-corrected chi connectivity index (χ4v) is 0.408. The summed E-state index contributed by atoms with van der Waals surface area (Å²) >= 11 is 0. The van der Waals surface area contributed by atoms with Crippen molar-refractivity contribution in [3.8, 4) is 0 Å². The fourth-order valence-electron chi connectivity index (χ4n) is 0.408. The second kappa shape index (κ2) is 24.2. The predicted molar refractivity (Wildman–Crippen MR) is 43.4 cm³/mol. The summed E-state index contributed by atoms with van der Waals surface area (Å²) in [7, 11) is 0. The quantitative estimate of drug-likeness (QED) is 0.453. The molecule has 0 saturated carbocycles. The minimum absolute atomic E-state index is 0. The minimum Gasteiger partial charge on any atom is -0.550 e. The van der Waals surface area contributed by atoms with E-state index >= 15 is 0 Å². The van der Waals surface area contributed by atoms with E-state index in [4.69, 9.17) is 0 Å². The van der Waals surface area contributed by atoms with Crippen molar-refractivity contribution < 1.29 is 84.4 Å². The van der Waals surface area contributed by atoms with Gasteiger partial charge in [-0.15, -0.1) is 0 Å². The summed E-state index contributed by atoms with van der Waals surface area (Å²) in [5.41, 5.74) is 0.